The van der Waals surface area contributed by atoms with Crippen molar-refractivity contribution in [1.82, 2.24) is 10.3 Å². The molecule has 0 spiro atoms. The van der Waals surface area contributed by atoms with Crippen LogP contribution in [0.3, 0.4) is 0 Å². The first-order valence-corrected chi connectivity index (χ1v) is 8.16. The van der Waals surface area contributed by atoms with Crippen molar-refractivity contribution in [2.75, 3.05) is 0 Å². The zero-order valence-corrected chi connectivity index (χ0v) is 13.6. The molecule has 1 unspecified atom stereocenters. The van der Waals surface area contributed by atoms with Gasteiger partial charge in [-0.15, -0.1) is 0 Å². The number of hydrogen-bond donors (Lipinski definition) is 2. The molecule has 1 aromatic carbocycles. The average molecular weight is 347 g/mol. The molecule has 1 aromatic heterocycles. The summed E-state index contributed by atoms with van der Waals surface area (Å²) in [6.45, 7) is 2.18. The van der Waals surface area contributed by atoms with Gasteiger partial charge in [-0.2, -0.15) is 0 Å². The van der Waals surface area contributed by atoms with Gasteiger partial charge < -0.3 is 10.3 Å². The van der Waals surface area contributed by atoms with Gasteiger partial charge in [-0.3, -0.25) is 4.79 Å². The second-order valence-electron chi connectivity index (χ2n) is 5.64. The smallest absolute Gasteiger partial charge is 0.248 e. The Kier molecular flexibility index (Phi) is 4.27. The van der Waals surface area contributed by atoms with Crippen molar-refractivity contribution in [2.45, 2.75) is 38.3 Å². The number of H-pyrrole nitrogens is 1. The number of rotatable bonds is 3. The Labute approximate surface area is 132 Å². The van der Waals surface area contributed by atoms with Crippen molar-refractivity contribution in [3.63, 3.8) is 0 Å². The predicted octanol–water partition coefficient (Wildman–Crippen LogP) is 3.87. The van der Waals surface area contributed by atoms with Crippen LogP contribution in [-0.2, 0) is 6.42 Å². The highest BCUT2D eigenvalue weighted by Gasteiger charge is 2.22. The summed E-state index contributed by atoms with van der Waals surface area (Å²) in [5.74, 6) is 0. The molecule has 110 valence electrons. The minimum atomic E-state index is -0.00430. The molecule has 1 aliphatic carbocycles. The molecule has 0 amide bonds. The van der Waals surface area contributed by atoms with Gasteiger partial charge in [0.1, 0.15) is 0 Å². The Morgan fingerprint density at radius 1 is 1.24 bits per heavy atom. The predicted molar refractivity (Wildman–Crippen MR) is 88.4 cm³/mol. The maximum absolute atomic E-state index is 11.4. The first-order valence-electron chi connectivity index (χ1n) is 7.37. The molecule has 0 fully saturated rings. The second kappa shape index (κ2) is 6.16. The van der Waals surface area contributed by atoms with E-state index in [9.17, 15) is 4.79 Å². The van der Waals surface area contributed by atoms with E-state index >= 15 is 0 Å². The first kappa shape index (κ1) is 14.5. The summed E-state index contributed by atoms with van der Waals surface area (Å²) in [6, 6.07) is 12.6. The number of hydrogen-bond acceptors (Lipinski definition) is 2. The lowest BCUT2D eigenvalue weighted by Gasteiger charge is -2.29. The van der Waals surface area contributed by atoms with E-state index in [4.69, 9.17) is 0 Å². The number of fused-ring (bicyclic) bond motifs is 1. The number of nitrogens with one attached hydrogen (secondary N) is 2. The highest BCUT2D eigenvalue weighted by atomic mass is 79.9. The van der Waals surface area contributed by atoms with Gasteiger partial charge in [0.2, 0.25) is 5.56 Å². The molecule has 4 heteroatoms. The lowest BCUT2D eigenvalue weighted by Crippen LogP contribution is -2.29. The van der Waals surface area contributed by atoms with Gasteiger partial charge in [-0.25, -0.2) is 0 Å². The van der Waals surface area contributed by atoms with Gasteiger partial charge in [0.25, 0.3) is 0 Å². The van der Waals surface area contributed by atoms with Crippen LogP contribution in [0.4, 0.5) is 0 Å². The maximum atomic E-state index is 11.4. The minimum absolute atomic E-state index is 0.00430. The molecule has 0 radical (unpaired) electrons. The normalized spacial score (nSPS) is 19.0. The van der Waals surface area contributed by atoms with Crippen LogP contribution in [0.2, 0.25) is 0 Å². The summed E-state index contributed by atoms with van der Waals surface area (Å²) < 4.78 is 1.10. The van der Waals surface area contributed by atoms with E-state index in [-0.39, 0.29) is 11.6 Å². The lowest BCUT2D eigenvalue weighted by molar-refractivity contribution is 0.411. The molecular formula is C17H19BrN2O. The monoisotopic (exact) mass is 346 g/mol. The van der Waals surface area contributed by atoms with Gasteiger partial charge in [0, 0.05) is 28.3 Å². The Morgan fingerprint density at radius 2 is 2.00 bits per heavy atom. The van der Waals surface area contributed by atoms with E-state index < -0.39 is 0 Å². The molecule has 0 saturated heterocycles. The molecule has 0 bridgehead atoms. The van der Waals surface area contributed by atoms with Crippen LogP contribution in [0.1, 0.15) is 48.7 Å². The van der Waals surface area contributed by atoms with Crippen LogP contribution in [0.15, 0.2) is 45.7 Å². The third kappa shape index (κ3) is 3.27. The Bertz CT molecular complexity index is 678. The largest absolute Gasteiger partial charge is 0.326 e. The fraction of sp³-hybridized carbons (Fsp3) is 0.353. The number of aromatic nitrogens is 1. The van der Waals surface area contributed by atoms with E-state index in [0.29, 0.717) is 6.04 Å². The fourth-order valence-corrected chi connectivity index (χ4v) is 3.29. The average Bonchev–Trinajstić information content (AvgIpc) is 2.47. The van der Waals surface area contributed by atoms with Crippen molar-refractivity contribution in [3.05, 3.63) is 68.0 Å². The van der Waals surface area contributed by atoms with Crippen LogP contribution in [0, 0.1) is 0 Å². The summed E-state index contributed by atoms with van der Waals surface area (Å²) in [4.78, 5) is 14.4. The molecule has 2 aromatic rings. The van der Waals surface area contributed by atoms with E-state index in [1.807, 2.05) is 6.07 Å². The van der Waals surface area contributed by atoms with Crippen molar-refractivity contribution in [1.29, 1.82) is 0 Å². The van der Waals surface area contributed by atoms with Crippen molar-refractivity contribution in [3.8, 4) is 0 Å². The zero-order valence-electron chi connectivity index (χ0n) is 12.0. The van der Waals surface area contributed by atoms with Crippen LogP contribution in [0.25, 0.3) is 0 Å². The molecule has 21 heavy (non-hydrogen) atoms. The third-order valence-electron chi connectivity index (χ3n) is 4.15. The summed E-state index contributed by atoms with van der Waals surface area (Å²) in [5.41, 5.74) is 3.60. The summed E-state index contributed by atoms with van der Waals surface area (Å²) >= 11 is 3.47. The van der Waals surface area contributed by atoms with Crippen molar-refractivity contribution < 1.29 is 0 Å². The molecule has 3 nitrogen and oxygen atoms in total. The van der Waals surface area contributed by atoms with E-state index in [1.165, 1.54) is 11.1 Å². The topological polar surface area (TPSA) is 44.9 Å². The molecule has 0 saturated carbocycles. The number of halogens is 1. The molecule has 1 aliphatic rings. The van der Waals surface area contributed by atoms with Gasteiger partial charge in [-0.05, 0) is 49.4 Å². The van der Waals surface area contributed by atoms with E-state index in [1.54, 1.807) is 6.07 Å². The van der Waals surface area contributed by atoms with E-state index in [2.05, 4.69) is 57.4 Å². The molecule has 3 rings (SSSR count). The number of aryl methyl sites for hydroxylation is 1. The van der Waals surface area contributed by atoms with Gasteiger partial charge >= 0.3 is 0 Å². The third-order valence-corrected chi connectivity index (χ3v) is 4.68. The van der Waals surface area contributed by atoms with Crippen LogP contribution < -0.4 is 10.9 Å². The zero-order chi connectivity index (χ0) is 14.8. The molecule has 2 atom stereocenters. The molecule has 0 aliphatic heterocycles. The van der Waals surface area contributed by atoms with Crippen molar-refractivity contribution >= 4 is 15.9 Å². The highest BCUT2D eigenvalue weighted by molar-refractivity contribution is 9.10. The second-order valence-corrected chi connectivity index (χ2v) is 6.56. The Balaban J connectivity index is 1.80. The van der Waals surface area contributed by atoms with Crippen molar-refractivity contribution in [2.24, 2.45) is 0 Å². The standard InChI is InChI=1S/C17H19BrN2O/c1-11(12-5-7-13(18)8-6-12)19-15-3-2-4-16-14(15)9-10-17(21)20-16/h5-11,15,19H,2-4H2,1H3,(H,20,21)/t11-,15?/m1/s1. The first-order chi connectivity index (χ1) is 10.1. The molecule has 2 N–H and O–H groups in total. The van der Waals surface area contributed by atoms with Crippen LogP contribution in [0.5, 0.6) is 0 Å². The summed E-state index contributed by atoms with van der Waals surface area (Å²) in [7, 11) is 0. The van der Waals surface area contributed by atoms with E-state index in [0.717, 1.165) is 29.4 Å². The quantitative estimate of drug-likeness (QED) is 0.885. The fourth-order valence-electron chi connectivity index (χ4n) is 3.02. The number of pyridine rings is 1. The lowest BCUT2D eigenvalue weighted by atomic mass is 9.90. The van der Waals surface area contributed by atoms with Crippen LogP contribution >= 0.6 is 15.9 Å². The van der Waals surface area contributed by atoms with Gasteiger partial charge in [0.15, 0.2) is 0 Å². The maximum Gasteiger partial charge on any atom is 0.248 e. The summed E-state index contributed by atoms with van der Waals surface area (Å²) in [6.07, 6.45) is 3.19. The highest BCUT2D eigenvalue weighted by Crippen LogP contribution is 2.30. The summed E-state index contributed by atoms with van der Waals surface area (Å²) in [5, 5.41) is 3.69. The van der Waals surface area contributed by atoms with Gasteiger partial charge in [-0.1, -0.05) is 34.1 Å². The number of aromatic amines is 1. The minimum Gasteiger partial charge on any atom is -0.326 e. The Hall–Kier alpha value is -1.39. The Morgan fingerprint density at radius 3 is 2.76 bits per heavy atom. The SMILES string of the molecule is C[C@@H](NC1CCCc2[nH]c(=O)ccc21)c1ccc(Br)cc1. The van der Waals surface area contributed by atoms with Crippen LogP contribution in [-0.4, -0.2) is 4.98 Å². The number of benzene rings is 1. The molecular weight excluding hydrogens is 328 g/mol. The van der Waals surface area contributed by atoms with Gasteiger partial charge in [0.05, 0.1) is 0 Å². The molecule has 1 heterocycles.